The highest BCUT2D eigenvalue weighted by molar-refractivity contribution is 5.22. The lowest BCUT2D eigenvalue weighted by Gasteiger charge is -2.06. The van der Waals surface area contributed by atoms with Gasteiger partial charge in [0.2, 0.25) is 0 Å². The molecule has 114 valence electrons. The maximum Gasteiger partial charge on any atom is 0.0205 e. The summed E-state index contributed by atoms with van der Waals surface area (Å²) in [5.74, 6) is 0. The van der Waals surface area contributed by atoms with Gasteiger partial charge in [0.1, 0.15) is 0 Å². The second kappa shape index (κ2) is 12.0. The van der Waals surface area contributed by atoms with Crippen LogP contribution in [-0.2, 0) is 13.0 Å². The highest BCUT2D eigenvalue weighted by Gasteiger charge is 1.96. The van der Waals surface area contributed by atoms with Crippen LogP contribution < -0.4 is 5.32 Å². The molecule has 0 atom stereocenters. The van der Waals surface area contributed by atoms with Crippen molar-refractivity contribution in [3.63, 3.8) is 0 Å². The van der Waals surface area contributed by atoms with Gasteiger partial charge >= 0.3 is 0 Å². The third kappa shape index (κ3) is 8.37. The lowest BCUT2D eigenvalue weighted by molar-refractivity contribution is 0.607. The first kappa shape index (κ1) is 17.2. The summed E-state index contributed by atoms with van der Waals surface area (Å²) < 4.78 is 0. The van der Waals surface area contributed by atoms with Crippen molar-refractivity contribution in [3.8, 4) is 0 Å². The molecule has 0 aromatic heterocycles. The van der Waals surface area contributed by atoms with Gasteiger partial charge in [-0.15, -0.1) is 0 Å². The van der Waals surface area contributed by atoms with Crippen molar-refractivity contribution < 1.29 is 0 Å². The van der Waals surface area contributed by atoms with Gasteiger partial charge in [-0.25, -0.2) is 0 Å². The third-order valence-electron chi connectivity index (χ3n) is 3.88. The molecule has 0 heterocycles. The summed E-state index contributed by atoms with van der Waals surface area (Å²) >= 11 is 0. The van der Waals surface area contributed by atoms with Crippen molar-refractivity contribution in [2.75, 3.05) is 6.54 Å². The van der Waals surface area contributed by atoms with Gasteiger partial charge in [-0.3, -0.25) is 0 Å². The van der Waals surface area contributed by atoms with Crippen LogP contribution in [0.15, 0.2) is 24.3 Å². The van der Waals surface area contributed by atoms with Crippen molar-refractivity contribution in [2.45, 2.75) is 78.2 Å². The zero-order valence-corrected chi connectivity index (χ0v) is 13.6. The number of unbranched alkanes of at least 4 members (excludes halogenated alkanes) is 6. The summed E-state index contributed by atoms with van der Waals surface area (Å²) in [6.07, 6.45) is 12.1. The Morgan fingerprint density at radius 2 is 1.30 bits per heavy atom. The van der Waals surface area contributed by atoms with Gasteiger partial charge in [0.15, 0.2) is 0 Å². The zero-order valence-electron chi connectivity index (χ0n) is 13.6. The number of aryl methyl sites for hydroxylation is 1. The molecular formula is C19H33N. The van der Waals surface area contributed by atoms with E-state index in [0.717, 1.165) is 13.1 Å². The Balaban J connectivity index is 2.12. The maximum absolute atomic E-state index is 3.49. The van der Waals surface area contributed by atoms with Crippen LogP contribution >= 0.6 is 0 Å². The normalized spacial score (nSPS) is 10.9. The van der Waals surface area contributed by atoms with Crippen LogP contribution in [0.5, 0.6) is 0 Å². The molecule has 0 fully saturated rings. The minimum atomic E-state index is 1.01. The highest BCUT2D eigenvalue weighted by atomic mass is 14.8. The van der Waals surface area contributed by atoms with Crippen molar-refractivity contribution in [2.24, 2.45) is 0 Å². The number of hydrogen-bond donors (Lipinski definition) is 1. The van der Waals surface area contributed by atoms with E-state index in [1.165, 1.54) is 68.9 Å². The average Bonchev–Trinajstić information content (AvgIpc) is 2.49. The quantitative estimate of drug-likeness (QED) is 0.498. The summed E-state index contributed by atoms with van der Waals surface area (Å²) in [6.45, 7) is 6.66. The topological polar surface area (TPSA) is 12.0 Å². The van der Waals surface area contributed by atoms with E-state index in [9.17, 15) is 0 Å². The van der Waals surface area contributed by atoms with Crippen LogP contribution in [-0.4, -0.2) is 6.54 Å². The Labute approximate surface area is 126 Å². The SMILES string of the molecule is CCCCCCCCc1ccc(CNCCCC)cc1. The molecule has 0 unspecified atom stereocenters. The monoisotopic (exact) mass is 275 g/mol. The highest BCUT2D eigenvalue weighted by Crippen LogP contribution is 2.11. The van der Waals surface area contributed by atoms with Crippen molar-refractivity contribution in [1.29, 1.82) is 0 Å². The summed E-state index contributed by atoms with van der Waals surface area (Å²) in [5, 5.41) is 3.49. The molecule has 1 aromatic rings. The van der Waals surface area contributed by atoms with E-state index in [2.05, 4.69) is 43.4 Å². The zero-order chi connectivity index (χ0) is 14.5. The predicted octanol–water partition coefficient (Wildman–Crippen LogP) is 5.48. The lowest BCUT2D eigenvalue weighted by Crippen LogP contribution is -2.14. The Morgan fingerprint density at radius 3 is 2.00 bits per heavy atom. The van der Waals surface area contributed by atoms with Crippen LogP contribution in [0.2, 0.25) is 0 Å². The number of benzene rings is 1. The van der Waals surface area contributed by atoms with E-state index in [-0.39, 0.29) is 0 Å². The molecule has 0 saturated heterocycles. The first-order chi connectivity index (χ1) is 9.86. The molecule has 0 saturated carbocycles. The van der Waals surface area contributed by atoms with Gasteiger partial charge in [0, 0.05) is 6.54 Å². The summed E-state index contributed by atoms with van der Waals surface area (Å²) in [6, 6.07) is 9.18. The Bertz CT molecular complexity index is 315. The fraction of sp³-hybridized carbons (Fsp3) is 0.684. The second-order valence-electron chi connectivity index (χ2n) is 5.86. The molecule has 0 amide bonds. The molecule has 1 N–H and O–H groups in total. The minimum Gasteiger partial charge on any atom is -0.313 e. The average molecular weight is 275 g/mol. The molecule has 0 aliphatic carbocycles. The first-order valence-electron chi connectivity index (χ1n) is 8.65. The standard InChI is InChI=1S/C19H33N/c1-3-5-7-8-9-10-11-18-12-14-19(15-13-18)17-20-16-6-4-2/h12-15,20H,3-11,16-17H2,1-2H3. The molecule has 0 aliphatic rings. The van der Waals surface area contributed by atoms with E-state index >= 15 is 0 Å². The van der Waals surface area contributed by atoms with Gasteiger partial charge in [-0.1, -0.05) is 76.6 Å². The molecule has 0 bridgehead atoms. The van der Waals surface area contributed by atoms with Gasteiger partial charge in [0.05, 0.1) is 0 Å². The Morgan fingerprint density at radius 1 is 0.700 bits per heavy atom. The van der Waals surface area contributed by atoms with Crippen LogP contribution in [0.3, 0.4) is 0 Å². The van der Waals surface area contributed by atoms with Crippen molar-refractivity contribution in [1.82, 2.24) is 5.32 Å². The number of nitrogens with one attached hydrogen (secondary N) is 1. The van der Waals surface area contributed by atoms with Crippen LogP contribution in [0, 0.1) is 0 Å². The van der Waals surface area contributed by atoms with Crippen LogP contribution in [0.1, 0.15) is 76.3 Å². The smallest absolute Gasteiger partial charge is 0.0205 e. The first-order valence-corrected chi connectivity index (χ1v) is 8.65. The maximum atomic E-state index is 3.49. The van der Waals surface area contributed by atoms with Gasteiger partial charge in [-0.2, -0.15) is 0 Å². The fourth-order valence-electron chi connectivity index (χ4n) is 2.47. The van der Waals surface area contributed by atoms with Gasteiger partial charge in [-0.05, 0) is 36.9 Å². The third-order valence-corrected chi connectivity index (χ3v) is 3.88. The van der Waals surface area contributed by atoms with Crippen molar-refractivity contribution >= 4 is 0 Å². The summed E-state index contributed by atoms with van der Waals surface area (Å²) in [5.41, 5.74) is 2.91. The molecule has 1 heteroatoms. The number of hydrogen-bond acceptors (Lipinski definition) is 1. The van der Waals surface area contributed by atoms with Crippen LogP contribution in [0.4, 0.5) is 0 Å². The molecule has 20 heavy (non-hydrogen) atoms. The number of rotatable bonds is 12. The molecule has 1 aromatic carbocycles. The predicted molar refractivity (Wildman–Crippen MR) is 90.1 cm³/mol. The molecule has 0 spiro atoms. The van der Waals surface area contributed by atoms with Gasteiger partial charge in [0.25, 0.3) is 0 Å². The molecule has 1 rings (SSSR count). The van der Waals surface area contributed by atoms with Crippen LogP contribution in [0.25, 0.3) is 0 Å². The van der Waals surface area contributed by atoms with E-state index < -0.39 is 0 Å². The molecule has 0 aliphatic heterocycles. The minimum absolute atomic E-state index is 1.01. The van der Waals surface area contributed by atoms with E-state index in [1.54, 1.807) is 0 Å². The molecule has 1 nitrogen and oxygen atoms in total. The van der Waals surface area contributed by atoms with E-state index in [4.69, 9.17) is 0 Å². The lowest BCUT2D eigenvalue weighted by atomic mass is 10.0. The Kier molecular flexibility index (Phi) is 10.3. The van der Waals surface area contributed by atoms with Gasteiger partial charge < -0.3 is 5.32 Å². The van der Waals surface area contributed by atoms with E-state index in [0.29, 0.717) is 0 Å². The summed E-state index contributed by atoms with van der Waals surface area (Å²) in [7, 11) is 0. The second-order valence-corrected chi connectivity index (χ2v) is 5.86. The fourth-order valence-corrected chi connectivity index (χ4v) is 2.47. The van der Waals surface area contributed by atoms with E-state index in [1.807, 2.05) is 0 Å². The largest absolute Gasteiger partial charge is 0.313 e. The molecular weight excluding hydrogens is 242 g/mol. The molecule has 0 radical (unpaired) electrons. The Hall–Kier alpha value is -0.820. The van der Waals surface area contributed by atoms with Crippen molar-refractivity contribution in [3.05, 3.63) is 35.4 Å². The summed E-state index contributed by atoms with van der Waals surface area (Å²) in [4.78, 5) is 0.